The van der Waals surface area contributed by atoms with Crippen LogP contribution < -0.4 is 5.32 Å². The second-order valence-electron chi connectivity index (χ2n) is 7.81. The van der Waals surface area contributed by atoms with Gasteiger partial charge >= 0.3 is 0 Å². The Morgan fingerprint density at radius 2 is 2.03 bits per heavy atom. The summed E-state index contributed by atoms with van der Waals surface area (Å²) in [5, 5.41) is 7.35. The van der Waals surface area contributed by atoms with Crippen LogP contribution in [0.25, 0.3) is 11.1 Å². The van der Waals surface area contributed by atoms with Gasteiger partial charge in [-0.3, -0.25) is 14.7 Å². The van der Waals surface area contributed by atoms with Gasteiger partial charge < -0.3 is 5.32 Å². The maximum atomic E-state index is 13.1. The van der Waals surface area contributed by atoms with Crippen LogP contribution in [0.15, 0.2) is 65.5 Å². The number of rotatable bonds is 7. The number of carbonyl (C=O) groups is 1. The minimum atomic E-state index is -0.380. The van der Waals surface area contributed by atoms with Gasteiger partial charge in [-0.25, -0.2) is 0 Å². The van der Waals surface area contributed by atoms with E-state index in [-0.39, 0.29) is 11.3 Å². The molecule has 2 aromatic heterocycles. The second kappa shape index (κ2) is 8.89. The zero-order chi connectivity index (χ0) is 20.1. The fourth-order valence-electron chi connectivity index (χ4n) is 4.21. The molecule has 0 spiro atoms. The zero-order valence-electron chi connectivity index (χ0n) is 16.8. The van der Waals surface area contributed by atoms with Crippen LogP contribution in [0, 0.1) is 5.41 Å². The van der Waals surface area contributed by atoms with Crippen molar-refractivity contribution in [1.82, 2.24) is 15.2 Å². The molecule has 1 aromatic carbocycles. The summed E-state index contributed by atoms with van der Waals surface area (Å²) in [5.41, 5.74) is 4.37. The van der Waals surface area contributed by atoms with E-state index in [9.17, 15) is 4.79 Å². The SMILES string of the molecule is CCNC(=O)[C@]1(Cc2ccc(-c3ccsc3)cc2)CCN(Cc2ccccn2)C1. The number of carbonyl (C=O) groups excluding carboxylic acids is 1. The van der Waals surface area contributed by atoms with Gasteiger partial charge in [0.2, 0.25) is 5.91 Å². The first kappa shape index (κ1) is 19.8. The number of aromatic nitrogens is 1. The van der Waals surface area contributed by atoms with Gasteiger partial charge in [-0.05, 0) is 72.0 Å². The van der Waals surface area contributed by atoms with E-state index in [1.165, 1.54) is 16.7 Å². The van der Waals surface area contributed by atoms with Gasteiger partial charge in [-0.2, -0.15) is 11.3 Å². The first-order valence-corrected chi connectivity index (χ1v) is 11.1. The maximum Gasteiger partial charge on any atom is 0.227 e. The first-order chi connectivity index (χ1) is 14.2. The molecule has 1 N–H and O–H groups in total. The smallest absolute Gasteiger partial charge is 0.227 e. The minimum Gasteiger partial charge on any atom is -0.356 e. The molecule has 3 aromatic rings. The van der Waals surface area contributed by atoms with E-state index in [1.807, 2.05) is 25.3 Å². The normalized spacial score (nSPS) is 19.3. The zero-order valence-corrected chi connectivity index (χ0v) is 17.6. The number of likely N-dealkylation sites (tertiary alicyclic amines) is 1. The molecule has 3 heterocycles. The molecule has 0 saturated carbocycles. The number of nitrogens with one attached hydrogen (secondary N) is 1. The van der Waals surface area contributed by atoms with Gasteiger partial charge in [0.25, 0.3) is 0 Å². The summed E-state index contributed by atoms with van der Waals surface area (Å²) in [5.74, 6) is 0.172. The van der Waals surface area contributed by atoms with E-state index >= 15 is 0 Å². The molecule has 29 heavy (non-hydrogen) atoms. The highest BCUT2D eigenvalue weighted by Gasteiger charge is 2.44. The maximum absolute atomic E-state index is 13.1. The topological polar surface area (TPSA) is 45.2 Å². The molecular formula is C24H27N3OS. The van der Waals surface area contributed by atoms with Crippen LogP contribution in [-0.4, -0.2) is 35.4 Å². The Morgan fingerprint density at radius 1 is 1.17 bits per heavy atom. The first-order valence-electron chi connectivity index (χ1n) is 10.2. The fourth-order valence-corrected chi connectivity index (χ4v) is 4.87. The summed E-state index contributed by atoms with van der Waals surface area (Å²) >= 11 is 1.71. The predicted octanol–water partition coefficient (Wildman–Crippen LogP) is 4.38. The van der Waals surface area contributed by atoms with Crippen molar-refractivity contribution in [2.24, 2.45) is 5.41 Å². The van der Waals surface area contributed by atoms with Crippen LogP contribution in [0.5, 0.6) is 0 Å². The molecule has 1 fully saturated rings. The van der Waals surface area contributed by atoms with Crippen molar-refractivity contribution in [1.29, 1.82) is 0 Å². The molecule has 1 atom stereocenters. The largest absolute Gasteiger partial charge is 0.356 e. The molecule has 4 nitrogen and oxygen atoms in total. The molecule has 1 amide bonds. The molecule has 5 heteroatoms. The third-order valence-corrected chi connectivity index (χ3v) is 6.40. The highest BCUT2D eigenvalue weighted by molar-refractivity contribution is 7.08. The summed E-state index contributed by atoms with van der Waals surface area (Å²) < 4.78 is 0. The van der Waals surface area contributed by atoms with E-state index in [2.05, 4.69) is 62.4 Å². The summed E-state index contributed by atoms with van der Waals surface area (Å²) in [6.45, 7) is 5.13. The number of pyridine rings is 1. The average molecular weight is 406 g/mol. The Morgan fingerprint density at radius 3 is 2.72 bits per heavy atom. The fraction of sp³-hybridized carbons (Fsp3) is 0.333. The Bertz CT molecular complexity index is 925. The molecule has 0 bridgehead atoms. The van der Waals surface area contributed by atoms with Crippen molar-refractivity contribution in [2.75, 3.05) is 19.6 Å². The highest BCUT2D eigenvalue weighted by atomic mass is 32.1. The van der Waals surface area contributed by atoms with E-state index in [0.717, 1.165) is 38.2 Å². The summed E-state index contributed by atoms with van der Waals surface area (Å²) in [7, 11) is 0. The number of amides is 1. The number of benzene rings is 1. The van der Waals surface area contributed by atoms with Crippen LogP contribution in [0.4, 0.5) is 0 Å². The molecule has 4 rings (SSSR count). The van der Waals surface area contributed by atoms with Crippen molar-refractivity contribution >= 4 is 17.2 Å². The van der Waals surface area contributed by atoms with Crippen LogP contribution in [0.2, 0.25) is 0 Å². The summed E-state index contributed by atoms with van der Waals surface area (Å²) in [6.07, 6.45) is 3.47. The van der Waals surface area contributed by atoms with E-state index in [1.54, 1.807) is 11.3 Å². The van der Waals surface area contributed by atoms with Crippen LogP contribution in [0.3, 0.4) is 0 Å². The number of hydrogen-bond donors (Lipinski definition) is 1. The second-order valence-corrected chi connectivity index (χ2v) is 8.59. The summed E-state index contributed by atoms with van der Waals surface area (Å²) in [4.78, 5) is 19.9. The molecule has 1 saturated heterocycles. The average Bonchev–Trinajstić information content (AvgIpc) is 3.41. The van der Waals surface area contributed by atoms with Crippen molar-refractivity contribution in [2.45, 2.75) is 26.3 Å². The van der Waals surface area contributed by atoms with Crippen LogP contribution in [-0.2, 0) is 17.8 Å². The molecule has 150 valence electrons. The van der Waals surface area contributed by atoms with E-state index in [0.29, 0.717) is 6.54 Å². The molecule has 1 aliphatic rings. The molecule has 0 radical (unpaired) electrons. The van der Waals surface area contributed by atoms with Crippen molar-refractivity contribution < 1.29 is 4.79 Å². The van der Waals surface area contributed by atoms with Gasteiger partial charge in [-0.1, -0.05) is 30.3 Å². The monoisotopic (exact) mass is 405 g/mol. The van der Waals surface area contributed by atoms with E-state index in [4.69, 9.17) is 0 Å². The molecular weight excluding hydrogens is 378 g/mol. The standard InChI is InChI=1S/C24H27N3OS/c1-2-25-23(28)24(11-13-27(18-24)16-22-5-3-4-12-26-22)15-19-6-8-20(9-7-19)21-10-14-29-17-21/h3-10,12,14,17H,2,11,13,15-16,18H2,1H3,(H,25,28)/t24-/m0/s1. The third-order valence-electron chi connectivity index (χ3n) is 5.71. The van der Waals surface area contributed by atoms with Gasteiger partial charge in [0.1, 0.15) is 0 Å². The lowest BCUT2D eigenvalue weighted by Crippen LogP contribution is -2.44. The Labute approximate surface area is 176 Å². The molecule has 0 aliphatic carbocycles. The van der Waals surface area contributed by atoms with Gasteiger partial charge in [-0.15, -0.1) is 0 Å². The quantitative estimate of drug-likeness (QED) is 0.634. The van der Waals surface area contributed by atoms with Gasteiger partial charge in [0.15, 0.2) is 0 Å². The minimum absolute atomic E-state index is 0.172. The van der Waals surface area contributed by atoms with Crippen molar-refractivity contribution in [3.8, 4) is 11.1 Å². The number of hydrogen-bond acceptors (Lipinski definition) is 4. The lowest BCUT2D eigenvalue weighted by atomic mass is 9.79. The third kappa shape index (κ3) is 4.57. The van der Waals surface area contributed by atoms with Crippen molar-refractivity contribution in [3.63, 3.8) is 0 Å². The molecule has 1 aliphatic heterocycles. The van der Waals surface area contributed by atoms with E-state index < -0.39 is 0 Å². The van der Waals surface area contributed by atoms with Crippen LogP contribution >= 0.6 is 11.3 Å². The van der Waals surface area contributed by atoms with Gasteiger partial charge in [0, 0.05) is 25.8 Å². The number of thiophene rings is 1. The van der Waals surface area contributed by atoms with Gasteiger partial charge in [0.05, 0.1) is 11.1 Å². The van der Waals surface area contributed by atoms with Crippen LogP contribution in [0.1, 0.15) is 24.6 Å². The Kier molecular flexibility index (Phi) is 6.07. The summed E-state index contributed by atoms with van der Waals surface area (Å²) in [6, 6.07) is 16.8. The Balaban J connectivity index is 1.50. The number of nitrogens with zero attached hydrogens (tertiary/aromatic N) is 2. The molecule has 0 unspecified atom stereocenters. The lowest BCUT2D eigenvalue weighted by molar-refractivity contribution is -0.130. The highest BCUT2D eigenvalue weighted by Crippen LogP contribution is 2.36. The lowest BCUT2D eigenvalue weighted by Gasteiger charge is -2.28. The Hall–Kier alpha value is -2.50. The van der Waals surface area contributed by atoms with Crippen molar-refractivity contribution in [3.05, 3.63) is 76.7 Å². The predicted molar refractivity (Wildman–Crippen MR) is 119 cm³/mol.